The number of rotatable bonds is 3. The summed E-state index contributed by atoms with van der Waals surface area (Å²) in [5.74, 6) is -3.13. The third kappa shape index (κ3) is 2.66. The lowest BCUT2D eigenvalue weighted by atomic mass is 9.73. The van der Waals surface area contributed by atoms with Gasteiger partial charge in [0.05, 0.1) is 11.1 Å². The highest BCUT2D eigenvalue weighted by Gasteiger charge is 2.37. The highest BCUT2D eigenvalue weighted by molar-refractivity contribution is 5.48. The molecule has 0 amide bonds. The molecule has 0 saturated carbocycles. The van der Waals surface area contributed by atoms with Crippen LogP contribution in [0.5, 0.6) is 0 Å². The lowest BCUT2D eigenvalue weighted by molar-refractivity contribution is 0.511. The van der Waals surface area contributed by atoms with Crippen molar-refractivity contribution in [2.45, 2.75) is 12.3 Å². The summed E-state index contributed by atoms with van der Waals surface area (Å²) < 4.78 is 55.5. The van der Waals surface area contributed by atoms with E-state index in [-0.39, 0.29) is 11.1 Å². The molecule has 0 aliphatic carbocycles. The zero-order valence-corrected chi connectivity index (χ0v) is 12.7. The van der Waals surface area contributed by atoms with Crippen LogP contribution in [0.2, 0.25) is 0 Å². The summed E-state index contributed by atoms with van der Waals surface area (Å²) in [7, 11) is 0. The first-order valence-electron chi connectivity index (χ1n) is 7.25. The number of pyridine rings is 1. The SMILES string of the molecule is CC(c1ccccn1)(c1ccc(F)cc1F)c1ccc(F)cc1F. The Morgan fingerprint density at radius 1 is 0.750 bits per heavy atom. The van der Waals surface area contributed by atoms with Crippen molar-refractivity contribution in [3.8, 4) is 0 Å². The van der Waals surface area contributed by atoms with E-state index in [1.807, 2.05) is 0 Å². The van der Waals surface area contributed by atoms with Gasteiger partial charge in [-0.05, 0) is 31.2 Å². The number of nitrogens with zero attached hydrogens (tertiary/aromatic N) is 1. The summed E-state index contributed by atoms with van der Waals surface area (Å²) in [5, 5.41) is 0. The normalized spacial score (nSPS) is 11.5. The Kier molecular flexibility index (Phi) is 4.09. The standard InChI is InChI=1S/C19H13F4N/c1-19(18-4-2-3-9-24-18,14-7-5-12(20)10-16(14)22)15-8-6-13(21)11-17(15)23/h2-11H,1H3. The van der Waals surface area contributed by atoms with E-state index in [4.69, 9.17) is 0 Å². The molecule has 122 valence electrons. The van der Waals surface area contributed by atoms with E-state index < -0.39 is 28.7 Å². The molecule has 1 aromatic heterocycles. The molecule has 0 atom stereocenters. The summed E-state index contributed by atoms with van der Waals surface area (Å²) in [6.07, 6.45) is 1.50. The number of aromatic nitrogens is 1. The van der Waals surface area contributed by atoms with Crippen molar-refractivity contribution < 1.29 is 17.6 Å². The van der Waals surface area contributed by atoms with Crippen LogP contribution in [0, 0.1) is 23.3 Å². The molecule has 0 unspecified atom stereocenters. The van der Waals surface area contributed by atoms with Crippen LogP contribution in [0.4, 0.5) is 17.6 Å². The molecule has 0 saturated heterocycles. The molecular weight excluding hydrogens is 318 g/mol. The molecular formula is C19H13F4N. The largest absolute Gasteiger partial charge is 0.260 e. The third-order valence-corrected chi connectivity index (χ3v) is 4.12. The van der Waals surface area contributed by atoms with Crippen molar-refractivity contribution in [2.24, 2.45) is 0 Å². The average Bonchev–Trinajstić information content (AvgIpc) is 2.55. The molecule has 0 aliphatic heterocycles. The zero-order chi connectivity index (χ0) is 17.3. The summed E-state index contributed by atoms with van der Waals surface area (Å²) in [6.45, 7) is 1.57. The molecule has 1 nitrogen and oxygen atoms in total. The minimum absolute atomic E-state index is 0.0492. The van der Waals surface area contributed by atoms with E-state index in [2.05, 4.69) is 4.98 Å². The molecule has 3 rings (SSSR count). The molecule has 0 spiro atoms. The minimum atomic E-state index is -1.35. The zero-order valence-electron chi connectivity index (χ0n) is 12.7. The van der Waals surface area contributed by atoms with Gasteiger partial charge in [-0.3, -0.25) is 4.98 Å². The molecule has 0 N–H and O–H groups in total. The van der Waals surface area contributed by atoms with Gasteiger partial charge >= 0.3 is 0 Å². The maximum atomic E-state index is 14.5. The van der Waals surface area contributed by atoms with Gasteiger partial charge in [-0.15, -0.1) is 0 Å². The van der Waals surface area contributed by atoms with Gasteiger partial charge in [-0.2, -0.15) is 0 Å². The van der Waals surface area contributed by atoms with Crippen molar-refractivity contribution in [1.29, 1.82) is 0 Å². The van der Waals surface area contributed by atoms with Gasteiger partial charge in [0.2, 0.25) is 0 Å². The number of benzene rings is 2. The van der Waals surface area contributed by atoms with E-state index in [0.29, 0.717) is 5.69 Å². The summed E-state index contributed by atoms with van der Waals surface area (Å²) in [6, 6.07) is 11.1. The van der Waals surface area contributed by atoms with Gasteiger partial charge in [0.25, 0.3) is 0 Å². The second-order valence-corrected chi connectivity index (χ2v) is 5.59. The van der Waals surface area contributed by atoms with Crippen molar-refractivity contribution in [3.63, 3.8) is 0 Å². The van der Waals surface area contributed by atoms with Crippen LogP contribution in [0.15, 0.2) is 60.8 Å². The average molecular weight is 331 g/mol. The van der Waals surface area contributed by atoms with Crippen LogP contribution < -0.4 is 0 Å². The lowest BCUT2D eigenvalue weighted by Crippen LogP contribution is -2.29. The van der Waals surface area contributed by atoms with Gasteiger partial charge < -0.3 is 0 Å². The Bertz CT molecular complexity index is 826. The lowest BCUT2D eigenvalue weighted by Gasteiger charge is -2.31. The fraction of sp³-hybridized carbons (Fsp3) is 0.105. The van der Waals surface area contributed by atoms with Crippen molar-refractivity contribution in [1.82, 2.24) is 4.98 Å². The topological polar surface area (TPSA) is 12.9 Å². The molecule has 0 radical (unpaired) electrons. The Morgan fingerprint density at radius 3 is 1.71 bits per heavy atom. The second kappa shape index (κ2) is 6.07. The first-order valence-corrected chi connectivity index (χ1v) is 7.25. The molecule has 0 fully saturated rings. The predicted octanol–water partition coefficient (Wildman–Crippen LogP) is 4.99. The monoisotopic (exact) mass is 331 g/mol. The summed E-state index contributed by atoms with van der Waals surface area (Å²) in [5.41, 5.74) is -0.890. The minimum Gasteiger partial charge on any atom is -0.260 e. The van der Waals surface area contributed by atoms with Gasteiger partial charge in [0.15, 0.2) is 0 Å². The molecule has 3 aromatic rings. The van der Waals surface area contributed by atoms with Crippen LogP contribution >= 0.6 is 0 Å². The van der Waals surface area contributed by atoms with Gasteiger partial charge in [0.1, 0.15) is 23.3 Å². The third-order valence-electron chi connectivity index (χ3n) is 4.12. The number of hydrogen-bond donors (Lipinski definition) is 0. The Balaban J connectivity index is 2.33. The van der Waals surface area contributed by atoms with E-state index in [1.165, 1.54) is 18.3 Å². The second-order valence-electron chi connectivity index (χ2n) is 5.59. The Morgan fingerprint density at radius 2 is 1.29 bits per heavy atom. The van der Waals surface area contributed by atoms with Gasteiger partial charge in [-0.25, -0.2) is 17.6 Å². The smallest absolute Gasteiger partial charge is 0.130 e. The number of halogens is 4. The van der Waals surface area contributed by atoms with Crippen molar-refractivity contribution in [3.05, 3.63) is 101 Å². The van der Waals surface area contributed by atoms with Crippen LogP contribution in [0.3, 0.4) is 0 Å². The van der Waals surface area contributed by atoms with Crippen molar-refractivity contribution in [2.75, 3.05) is 0 Å². The fourth-order valence-corrected chi connectivity index (χ4v) is 2.87. The Hall–Kier alpha value is -2.69. The molecule has 5 heteroatoms. The Labute approximate surface area is 136 Å². The highest BCUT2D eigenvalue weighted by atomic mass is 19.1. The quantitative estimate of drug-likeness (QED) is 0.616. The van der Waals surface area contributed by atoms with Crippen LogP contribution in [0.25, 0.3) is 0 Å². The van der Waals surface area contributed by atoms with Gasteiger partial charge in [-0.1, -0.05) is 18.2 Å². The first kappa shape index (κ1) is 16.2. The van der Waals surface area contributed by atoms with E-state index in [0.717, 1.165) is 24.3 Å². The molecule has 1 heterocycles. The predicted molar refractivity (Wildman–Crippen MR) is 82.5 cm³/mol. The van der Waals surface area contributed by atoms with Crippen LogP contribution in [0.1, 0.15) is 23.7 Å². The number of hydrogen-bond acceptors (Lipinski definition) is 1. The van der Waals surface area contributed by atoms with Crippen molar-refractivity contribution >= 4 is 0 Å². The van der Waals surface area contributed by atoms with E-state index >= 15 is 0 Å². The molecule has 0 aliphatic rings. The molecule has 2 aromatic carbocycles. The first-order chi connectivity index (χ1) is 11.4. The van der Waals surface area contributed by atoms with Gasteiger partial charge in [0, 0.05) is 29.5 Å². The van der Waals surface area contributed by atoms with Crippen LogP contribution in [-0.2, 0) is 5.41 Å². The summed E-state index contributed by atoms with van der Waals surface area (Å²) >= 11 is 0. The molecule has 24 heavy (non-hydrogen) atoms. The van der Waals surface area contributed by atoms with E-state index in [1.54, 1.807) is 25.1 Å². The molecule has 0 bridgehead atoms. The maximum Gasteiger partial charge on any atom is 0.130 e. The van der Waals surface area contributed by atoms with E-state index in [9.17, 15) is 17.6 Å². The van der Waals surface area contributed by atoms with Crippen LogP contribution in [-0.4, -0.2) is 4.98 Å². The highest BCUT2D eigenvalue weighted by Crippen LogP contribution is 2.40. The fourth-order valence-electron chi connectivity index (χ4n) is 2.87. The summed E-state index contributed by atoms with van der Waals surface area (Å²) in [4.78, 5) is 4.21. The maximum absolute atomic E-state index is 14.5.